The van der Waals surface area contributed by atoms with E-state index in [1.54, 1.807) is 0 Å². The van der Waals surface area contributed by atoms with Crippen molar-refractivity contribution in [2.45, 2.75) is 19.2 Å². The lowest BCUT2D eigenvalue weighted by Crippen LogP contribution is -2.34. The highest BCUT2D eigenvalue weighted by Gasteiger charge is 2.46. The number of alkyl halides is 2. The highest BCUT2D eigenvalue weighted by molar-refractivity contribution is 4.68. The smallest absolute Gasteiger partial charge is 0.294 e. The van der Waals surface area contributed by atoms with Gasteiger partial charge in [-0.15, -0.1) is 4.48 Å². The number of ether oxygens (including phenoxy) is 1. The Morgan fingerprint density at radius 1 is 1.78 bits per heavy atom. The summed E-state index contributed by atoms with van der Waals surface area (Å²) in [6, 6.07) is 0. The second-order valence-electron chi connectivity index (χ2n) is 1.93. The van der Waals surface area contributed by atoms with E-state index in [0.29, 0.717) is 0 Å². The molecule has 0 aromatic heterocycles. The third kappa shape index (κ3) is 1.02. The summed E-state index contributed by atoms with van der Waals surface area (Å²) in [6.45, 7) is 0.260. The van der Waals surface area contributed by atoms with Gasteiger partial charge in [0, 0.05) is 6.92 Å². The van der Waals surface area contributed by atoms with E-state index in [-0.39, 0.29) is 0 Å². The van der Waals surface area contributed by atoms with Crippen LogP contribution < -0.4 is 0 Å². The molecule has 2 unspecified atom stereocenters. The van der Waals surface area contributed by atoms with Crippen LogP contribution in [0, 0.1) is 0 Å². The normalized spacial score (nSPS) is 46.0. The zero-order chi connectivity index (χ0) is 7.07. The predicted molar refractivity (Wildman–Crippen MR) is 23.3 cm³/mol. The highest BCUT2D eigenvalue weighted by Crippen LogP contribution is 2.29. The molecule has 1 aliphatic heterocycles. The lowest BCUT2D eigenvalue weighted by Gasteiger charge is -2.15. The number of nitrogens with zero attached hydrogens (tertiary/aromatic N) is 1. The fourth-order valence-corrected chi connectivity index (χ4v) is 0.598. The second-order valence-corrected chi connectivity index (χ2v) is 1.93. The molecule has 54 valence electrons. The second kappa shape index (κ2) is 1.85. The predicted octanol–water partition coefficient (Wildman–Crippen LogP) is 1.14. The number of hydrogen-bond donors (Lipinski definition) is 0. The summed E-state index contributed by atoms with van der Waals surface area (Å²) in [4.78, 5) is 0. The van der Waals surface area contributed by atoms with Crippen LogP contribution in [0.1, 0.15) is 6.92 Å². The molecule has 1 heterocycles. The Morgan fingerprint density at radius 3 is 2.44 bits per heavy atom. The Morgan fingerprint density at radius 2 is 2.33 bits per heavy atom. The Bertz CT molecular complexity index is 118. The fourth-order valence-electron chi connectivity index (χ4n) is 0.598. The van der Waals surface area contributed by atoms with Crippen molar-refractivity contribution in [3.8, 4) is 0 Å². The van der Waals surface area contributed by atoms with Crippen LogP contribution in [0.4, 0.5) is 13.3 Å². The Labute approximate surface area is 50.1 Å². The molecule has 0 aromatic carbocycles. The molecule has 1 saturated heterocycles. The Kier molecular flexibility index (Phi) is 1.40. The van der Waals surface area contributed by atoms with Crippen LogP contribution in [0.25, 0.3) is 0 Å². The molecule has 0 amide bonds. The van der Waals surface area contributed by atoms with Crippen LogP contribution in [0.2, 0.25) is 0 Å². The van der Waals surface area contributed by atoms with Crippen LogP contribution in [0.3, 0.4) is 0 Å². The van der Waals surface area contributed by atoms with Crippen molar-refractivity contribution >= 4 is 0 Å². The summed E-state index contributed by atoms with van der Waals surface area (Å²) in [5, 5.41) is -0.590. The average molecular weight is 141 g/mol. The number of rotatable bonds is 0. The Hall–Kier alpha value is -0.290. The summed E-state index contributed by atoms with van der Waals surface area (Å²) < 4.78 is 40.5. The van der Waals surface area contributed by atoms with Crippen LogP contribution >= 0.6 is 0 Å². The van der Waals surface area contributed by atoms with Crippen molar-refractivity contribution in [1.29, 1.82) is 0 Å². The molecule has 2 nitrogen and oxygen atoms in total. The monoisotopic (exact) mass is 141 g/mol. The zero-order valence-corrected chi connectivity index (χ0v) is 4.77. The molecule has 1 rings (SSSR count). The maximum Gasteiger partial charge on any atom is 0.294 e. The van der Waals surface area contributed by atoms with Gasteiger partial charge in [-0.1, -0.05) is 0 Å². The molecule has 0 spiro atoms. The van der Waals surface area contributed by atoms with Gasteiger partial charge in [-0.3, -0.25) is 0 Å². The highest BCUT2D eigenvalue weighted by atomic mass is 19.2. The summed E-state index contributed by atoms with van der Waals surface area (Å²) in [6.07, 6.45) is -1.97. The van der Waals surface area contributed by atoms with Crippen molar-refractivity contribution in [3.63, 3.8) is 0 Å². The first-order valence-electron chi connectivity index (χ1n) is 2.46. The van der Waals surface area contributed by atoms with Gasteiger partial charge < -0.3 is 4.74 Å². The maximum atomic E-state index is 12.3. The molecular weight excluding hydrogens is 135 g/mol. The van der Waals surface area contributed by atoms with E-state index < -0.39 is 24.0 Å². The van der Waals surface area contributed by atoms with Crippen LogP contribution in [0.15, 0.2) is 0 Å². The summed E-state index contributed by atoms with van der Waals surface area (Å²) in [5.74, 6) is -2.58. The topological polar surface area (TPSA) is 12.5 Å². The molecule has 1 fully saturated rings. The molecule has 0 aliphatic carbocycles. The third-order valence-corrected chi connectivity index (χ3v) is 1.11. The molecular formula is C4H6F3NO. The largest absolute Gasteiger partial charge is 0.328 e. The van der Waals surface area contributed by atoms with Gasteiger partial charge in [-0.2, -0.15) is 4.39 Å². The van der Waals surface area contributed by atoms with Gasteiger partial charge in [0.05, 0.1) is 6.61 Å². The maximum absolute atomic E-state index is 12.3. The van der Waals surface area contributed by atoms with E-state index in [2.05, 4.69) is 4.74 Å². The number of hydrogen-bond acceptors (Lipinski definition) is 2. The minimum atomic E-state index is -2.58. The van der Waals surface area contributed by atoms with Gasteiger partial charge in [-0.25, -0.2) is 4.39 Å². The van der Waals surface area contributed by atoms with Crippen molar-refractivity contribution < 1.29 is 18.0 Å². The van der Waals surface area contributed by atoms with E-state index in [1.165, 1.54) is 0 Å². The fraction of sp³-hybridized carbons (Fsp3) is 1.00. The lowest BCUT2D eigenvalue weighted by atomic mass is 10.6. The SMILES string of the molecule is CC1(F)OCC(F)N1F. The molecule has 0 aromatic rings. The van der Waals surface area contributed by atoms with Crippen molar-refractivity contribution in [3.05, 3.63) is 0 Å². The summed E-state index contributed by atoms with van der Waals surface area (Å²) in [7, 11) is 0. The standard InChI is InChI=1S/C4H6F3NO/c1-4(6)8(7)3(5)2-9-4/h3H,2H2,1H3. The molecule has 0 radical (unpaired) electrons. The first-order chi connectivity index (χ1) is 4.04. The van der Waals surface area contributed by atoms with Gasteiger partial charge in [0.2, 0.25) is 6.30 Å². The average Bonchev–Trinajstić information content (AvgIpc) is 1.97. The first-order valence-corrected chi connectivity index (χ1v) is 2.46. The van der Waals surface area contributed by atoms with E-state index in [4.69, 9.17) is 0 Å². The zero-order valence-electron chi connectivity index (χ0n) is 4.77. The van der Waals surface area contributed by atoms with Crippen LogP contribution in [0.5, 0.6) is 0 Å². The van der Waals surface area contributed by atoms with E-state index in [9.17, 15) is 13.3 Å². The molecule has 0 bridgehead atoms. The van der Waals surface area contributed by atoms with Gasteiger partial charge in [-0.05, 0) is 5.12 Å². The van der Waals surface area contributed by atoms with Gasteiger partial charge in [0.25, 0.3) is 5.98 Å². The van der Waals surface area contributed by atoms with Crippen LogP contribution in [-0.2, 0) is 4.74 Å². The summed E-state index contributed by atoms with van der Waals surface area (Å²) >= 11 is 0. The minimum absolute atomic E-state index is 0.552. The first kappa shape index (κ1) is 6.82. The van der Waals surface area contributed by atoms with Gasteiger partial charge in [0.1, 0.15) is 0 Å². The van der Waals surface area contributed by atoms with E-state index >= 15 is 0 Å². The van der Waals surface area contributed by atoms with E-state index in [0.717, 1.165) is 6.92 Å². The number of halogens is 3. The summed E-state index contributed by atoms with van der Waals surface area (Å²) in [5.41, 5.74) is 0. The van der Waals surface area contributed by atoms with E-state index in [1.807, 2.05) is 0 Å². The minimum Gasteiger partial charge on any atom is -0.328 e. The molecule has 2 atom stereocenters. The molecule has 5 heteroatoms. The van der Waals surface area contributed by atoms with Crippen molar-refractivity contribution in [2.24, 2.45) is 0 Å². The lowest BCUT2D eigenvalue weighted by molar-refractivity contribution is -0.252. The quantitative estimate of drug-likeness (QED) is 0.370. The van der Waals surface area contributed by atoms with Gasteiger partial charge >= 0.3 is 0 Å². The van der Waals surface area contributed by atoms with Crippen molar-refractivity contribution in [1.82, 2.24) is 5.12 Å². The van der Waals surface area contributed by atoms with Crippen molar-refractivity contribution in [2.75, 3.05) is 6.61 Å². The molecule has 0 N–H and O–H groups in total. The van der Waals surface area contributed by atoms with Crippen LogP contribution in [-0.4, -0.2) is 24.0 Å². The Balaban J connectivity index is 2.62. The molecule has 1 aliphatic rings. The van der Waals surface area contributed by atoms with Gasteiger partial charge in [0.15, 0.2) is 0 Å². The molecule has 9 heavy (non-hydrogen) atoms. The molecule has 0 saturated carbocycles. The third-order valence-electron chi connectivity index (χ3n) is 1.11.